The van der Waals surface area contributed by atoms with Crippen molar-refractivity contribution in [3.63, 3.8) is 0 Å². The maximum Gasteiger partial charge on any atom is 0.258 e. The van der Waals surface area contributed by atoms with Crippen molar-refractivity contribution in [3.8, 4) is 6.07 Å². The SMILES string of the molecule is Cc1cc(F)c(C(=O)Nc2ccc(CN3CCCN(C)CC3)c(C(C)(C)C#N)c2)cc1CCc1cnc2c(Nc3cnn(C)c3)cccn12. The number of fused-ring (bicyclic) bond motifs is 1. The minimum absolute atomic E-state index is 0.0134. The smallest absolute Gasteiger partial charge is 0.258 e. The van der Waals surface area contributed by atoms with Crippen molar-refractivity contribution in [1.82, 2.24) is 29.0 Å². The van der Waals surface area contributed by atoms with Crippen LogP contribution in [0.3, 0.4) is 0 Å². The molecule has 1 aliphatic heterocycles. The summed E-state index contributed by atoms with van der Waals surface area (Å²) in [5, 5.41) is 20.5. The Morgan fingerprint density at radius 1 is 1.02 bits per heavy atom. The van der Waals surface area contributed by atoms with Gasteiger partial charge in [0.05, 0.1) is 34.6 Å². The van der Waals surface area contributed by atoms with Crippen LogP contribution in [-0.4, -0.2) is 68.1 Å². The van der Waals surface area contributed by atoms with Crippen molar-refractivity contribution in [2.24, 2.45) is 7.05 Å². The van der Waals surface area contributed by atoms with E-state index in [0.29, 0.717) is 18.5 Å². The van der Waals surface area contributed by atoms with Gasteiger partial charge in [-0.1, -0.05) is 6.07 Å². The number of imidazole rings is 1. The molecule has 2 aromatic carbocycles. The van der Waals surface area contributed by atoms with Crippen molar-refractivity contribution >= 4 is 28.6 Å². The molecule has 0 bridgehead atoms. The highest BCUT2D eigenvalue weighted by Crippen LogP contribution is 2.31. The number of hydrogen-bond acceptors (Lipinski definition) is 7. The average Bonchev–Trinajstić information content (AvgIpc) is 3.63. The number of rotatable bonds is 10. The van der Waals surface area contributed by atoms with E-state index in [9.17, 15) is 10.1 Å². The molecule has 0 radical (unpaired) electrons. The molecule has 3 aromatic heterocycles. The van der Waals surface area contributed by atoms with Gasteiger partial charge in [-0.2, -0.15) is 10.4 Å². The first-order chi connectivity index (χ1) is 23.5. The lowest BCUT2D eigenvalue weighted by atomic mass is 9.82. The fourth-order valence-corrected chi connectivity index (χ4v) is 6.54. The maximum atomic E-state index is 15.3. The standard InChI is InChI=1S/C38H44FN9O/c1-26-18-34(39)32(19-27(26)10-12-31-22-41-36-35(8-6-15-48(31)36)43-30-21-42-46(5)24-30)37(49)44-29-11-9-28(33(20-29)38(2,3)25-40)23-47-14-7-13-45(4)16-17-47/h6,8-9,11,15,18-22,24,43H,7,10,12-14,16-17,23H2,1-5H3,(H,44,49). The fraction of sp³-hybridized carbons (Fsp3) is 0.368. The summed E-state index contributed by atoms with van der Waals surface area (Å²) in [6.45, 7) is 10.4. The molecule has 0 unspecified atom stereocenters. The van der Waals surface area contributed by atoms with Gasteiger partial charge in [-0.25, -0.2) is 9.37 Å². The van der Waals surface area contributed by atoms with Gasteiger partial charge in [0, 0.05) is 56.7 Å². The zero-order valence-corrected chi connectivity index (χ0v) is 28.9. The van der Waals surface area contributed by atoms with Crippen LogP contribution in [0.4, 0.5) is 21.5 Å². The lowest BCUT2D eigenvalue weighted by Gasteiger charge is -2.26. The second kappa shape index (κ2) is 14.2. The third kappa shape index (κ3) is 7.66. The van der Waals surface area contributed by atoms with Gasteiger partial charge in [0.2, 0.25) is 0 Å². The predicted octanol–water partition coefficient (Wildman–Crippen LogP) is 6.24. The molecular weight excluding hydrogens is 617 g/mol. The highest BCUT2D eigenvalue weighted by molar-refractivity contribution is 6.04. The van der Waals surface area contributed by atoms with E-state index < -0.39 is 17.1 Å². The van der Waals surface area contributed by atoms with Crippen LogP contribution < -0.4 is 10.6 Å². The van der Waals surface area contributed by atoms with Crippen molar-refractivity contribution in [2.45, 2.75) is 52.0 Å². The molecule has 4 heterocycles. The molecule has 254 valence electrons. The average molecular weight is 662 g/mol. The summed E-state index contributed by atoms with van der Waals surface area (Å²) in [5.41, 5.74) is 6.87. The second-order valence-corrected chi connectivity index (χ2v) is 13.6. The van der Waals surface area contributed by atoms with Crippen molar-refractivity contribution < 1.29 is 9.18 Å². The number of pyridine rings is 1. The molecule has 5 aromatic rings. The first-order valence-electron chi connectivity index (χ1n) is 16.8. The van der Waals surface area contributed by atoms with Crippen LogP contribution in [0.15, 0.2) is 67.3 Å². The number of amides is 1. The van der Waals surface area contributed by atoms with E-state index in [4.69, 9.17) is 0 Å². The summed E-state index contributed by atoms with van der Waals surface area (Å²) < 4.78 is 19.1. The summed E-state index contributed by atoms with van der Waals surface area (Å²) in [6, 6.07) is 15.2. The lowest BCUT2D eigenvalue weighted by Crippen LogP contribution is -2.30. The predicted molar refractivity (Wildman–Crippen MR) is 191 cm³/mol. The molecule has 0 spiro atoms. The number of hydrogen-bond donors (Lipinski definition) is 2. The van der Waals surface area contributed by atoms with Gasteiger partial charge in [0.25, 0.3) is 5.91 Å². The number of carbonyl (C=O) groups excluding carboxylic acids is 1. The van der Waals surface area contributed by atoms with Gasteiger partial charge in [0.1, 0.15) is 5.82 Å². The van der Waals surface area contributed by atoms with E-state index in [1.807, 2.05) is 81.1 Å². The van der Waals surface area contributed by atoms with Crippen LogP contribution in [-0.2, 0) is 31.8 Å². The molecule has 1 amide bonds. The number of nitrogens with one attached hydrogen (secondary N) is 2. The molecule has 2 N–H and O–H groups in total. The molecule has 1 saturated heterocycles. The maximum absolute atomic E-state index is 15.3. The van der Waals surface area contributed by atoms with Crippen LogP contribution in [0.25, 0.3) is 5.65 Å². The molecule has 1 aliphatic rings. The van der Waals surface area contributed by atoms with Gasteiger partial charge in [-0.15, -0.1) is 0 Å². The Balaban J connectivity index is 1.19. The Kier molecular flexibility index (Phi) is 9.81. The number of likely N-dealkylation sites (N-methyl/N-ethyl adjacent to an activating group) is 1. The van der Waals surface area contributed by atoms with Crippen LogP contribution in [0.1, 0.15) is 58.6 Å². The van der Waals surface area contributed by atoms with Crippen molar-refractivity contribution in [2.75, 3.05) is 43.9 Å². The zero-order chi connectivity index (χ0) is 34.7. The zero-order valence-electron chi connectivity index (χ0n) is 28.9. The number of halogens is 1. The molecule has 0 aliphatic carbocycles. The summed E-state index contributed by atoms with van der Waals surface area (Å²) in [7, 11) is 4.01. The monoisotopic (exact) mass is 661 g/mol. The first kappa shape index (κ1) is 33.8. The number of carbonyl (C=O) groups is 1. The molecule has 0 saturated carbocycles. The Bertz CT molecular complexity index is 2020. The van der Waals surface area contributed by atoms with Gasteiger partial charge in [-0.3, -0.25) is 14.4 Å². The first-order valence-corrected chi connectivity index (χ1v) is 16.8. The Labute approximate surface area is 287 Å². The Morgan fingerprint density at radius 2 is 1.86 bits per heavy atom. The van der Waals surface area contributed by atoms with Crippen LogP contribution in [0.5, 0.6) is 0 Å². The number of aryl methyl sites for hydroxylation is 4. The van der Waals surface area contributed by atoms with Crippen molar-refractivity contribution in [1.29, 1.82) is 5.26 Å². The van der Waals surface area contributed by atoms with E-state index in [2.05, 4.69) is 43.6 Å². The summed E-state index contributed by atoms with van der Waals surface area (Å²) in [6.07, 6.45) is 9.82. The summed E-state index contributed by atoms with van der Waals surface area (Å²) in [4.78, 5) is 23.0. The molecule has 1 fully saturated rings. The van der Waals surface area contributed by atoms with E-state index in [1.165, 1.54) is 6.07 Å². The van der Waals surface area contributed by atoms with Gasteiger partial charge >= 0.3 is 0 Å². The number of benzene rings is 2. The normalized spacial score (nSPS) is 14.5. The molecular formula is C38H44FN9O. The fourth-order valence-electron chi connectivity index (χ4n) is 6.54. The van der Waals surface area contributed by atoms with Gasteiger partial charge < -0.3 is 19.9 Å². The molecule has 11 heteroatoms. The number of nitrogens with zero attached hydrogens (tertiary/aromatic N) is 7. The van der Waals surface area contributed by atoms with E-state index in [1.54, 1.807) is 16.9 Å². The summed E-state index contributed by atoms with van der Waals surface area (Å²) >= 11 is 0. The highest BCUT2D eigenvalue weighted by atomic mass is 19.1. The Hall–Kier alpha value is -5.05. The molecule has 6 rings (SSSR count). The molecule has 49 heavy (non-hydrogen) atoms. The minimum atomic E-state index is -0.769. The third-order valence-corrected chi connectivity index (χ3v) is 9.44. The third-order valence-electron chi connectivity index (χ3n) is 9.44. The highest BCUT2D eigenvalue weighted by Gasteiger charge is 2.26. The van der Waals surface area contributed by atoms with Gasteiger partial charge in [0.15, 0.2) is 5.65 Å². The van der Waals surface area contributed by atoms with E-state index in [0.717, 1.165) is 84.1 Å². The lowest BCUT2D eigenvalue weighted by molar-refractivity contribution is 0.102. The van der Waals surface area contributed by atoms with Crippen LogP contribution in [0, 0.1) is 24.1 Å². The van der Waals surface area contributed by atoms with Crippen molar-refractivity contribution in [3.05, 3.63) is 107 Å². The van der Waals surface area contributed by atoms with Gasteiger partial charge in [-0.05, 0) is 119 Å². The Morgan fingerprint density at radius 3 is 2.63 bits per heavy atom. The molecule has 10 nitrogen and oxygen atoms in total. The second-order valence-electron chi connectivity index (χ2n) is 13.6. The molecule has 0 atom stereocenters. The quantitative estimate of drug-likeness (QED) is 0.183. The topological polar surface area (TPSA) is 107 Å². The largest absolute Gasteiger partial charge is 0.350 e. The van der Waals surface area contributed by atoms with Crippen LogP contribution >= 0.6 is 0 Å². The number of anilines is 3. The number of nitriles is 1. The summed E-state index contributed by atoms with van der Waals surface area (Å²) in [5.74, 6) is -1.09. The van der Waals surface area contributed by atoms with E-state index >= 15 is 4.39 Å². The minimum Gasteiger partial charge on any atom is -0.350 e. The van der Waals surface area contributed by atoms with E-state index in [-0.39, 0.29) is 5.56 Å². The number of aromatic nitrogens is 4. The van der Waals surface area contributed by atoms with Crippen LogP contribution in [0.2, 0.25) is 0 Å².